The highest BCUT2D eigenvalue weighted by molar-refractivity contribution is 5.83. The summed E-state index contributed by atoms with van der Waals surface area (Å²) < 4.78 is 18.6. The number of amides is 2. The SMILES string of the molecule is CC(=O)NCC(=O)NCc1ccc(Oc2ccc(F)cc2)c(C)c1. The number of carbonyl (C=O) groups excluding carboxylic acids is 2. The zero-order valence-corrected chi connectivity index (χ0v) is 13.6. The van der Waals surface area contributed by atoms with Gasteiger partial charge < -0.3 is 15.4 Å². The van der Waals surface area contributed by atoms with Crippen molar-refractivity contribution in [2.75, 3.05) is 6.54 Å². The van der Waals surface area contributed by atoms with Gasteiger partial charge in [0.15, 0.2) is 0 Å². The highest BCUT2D eigenvalue weighted by atomic mass is 19.1. The molecular weight excluding hydrogens is 311 g/mol. The molecule has 5 nitrogen and oxygen atoms in total. The monoisotopic (exact) mass is 330 g/mol. The molecule has 0 unspecified atom stereocenters. The van der Waals surface area contributed by atoms with Gasteiger partial charge in [-0.25, -0.2) is 4.39 Å². The number of benzene rings is 2. The first kappa shape index (κ1) is 17.5. The Morgan fingerprint density at radius 2 is 1.79 bits per heavy atom. The molecule has 0 spiro atoms. The van der Waals surface area contributed by atoms with E-state index in [1.807, 2.05) is 19.1 Å². The molecule has 24 heavy (non-hydrogen) atoms. The zero-order chi connectivity index (χ0) is 17.5. The molecule has 126 valence electrons. The van der Waals surface area contributed by atoms with Crippen molar-refractivity contribution in [3.8, 4) is 11.5 Å². The number of ether oxygens (including phenoxy) is 1. The largest absolute Gasteiger partial charge is 0.457 e. The predicted octanol–water partition coefficient (Wildman–Crippen LogP) is 2.68. The molecule has 0 aliphatic carbocycles. The smallest absolute Gasteiger partial charge is 0.239 e. The lowest BCUT2D eigenvalue weighted by Gasteiger charge is -2.11. The predicted molar refractivity (Wildman–Crippen MR) is 88.2 cm³/mol. The van der Waals surface area contributed by atoms with Crippen LogP contribution in [-0.2, 0) is 16.1 Å². The van der Waals surface area contributed by atoms with Gasteiger partial charge in [-0.05, 0) is 48.4 Å². The van der Waals surface area contributed by atoms with Gasteiger partial charge in [-0.2, -0.15) is 0 Å². The Balaban J connectivity index is 1.93. The van der Waals surface area contributed by atoms with Crippen LogP contribution < -0.4 is 15.4 Å². The number of rotatable bonds is 6. The summed E-state index contributed by atoms with van der Waals surface area (Å²) in [6, 6.07) is 11.3. The van der Waals surface area contributed by atoms with Crippen LogP contribution in [0.5, 0.6) is 11.5 Å². The second-order valence-corrected chi connectivity index (χ2v) is 5.34. The van der Waals surface area contributed by atoms with E-state index in [0.717, 1.165) is 11.1 Å². The molecule has 0 saturated heterocycles. The number of hydrogen-bond donors (Lipinski definition) is 2. The summed E-state index contributed by atoms with van der Waals surface area (Å²) in [4.78, 5) is 22.3. The molecule has 6 heteroatoms. The Labute approximate surface area is 139 Å². The van der Waals surface area contributed by atoms with Crippen molar-refractivity contribution in [1.29, 1.82) is 0 Å². The van der Waals surface area contributed by atoms with E-state index in [9.17, 15) is 14.0 Å². The van der Waals surface area contributed by atoms with Crippen molar-refractivity contribution in [3.63, 3.8) is 0 Å². The van der Waals surface area contributed by atoms with Crippen LogP contribution in [0.1, 0.15) is 18.1 Å². The van der Waals surface area contributed by atoms with Crippen molar-refractivity contribution in [3.05, 3.63) is 59.4 Å². The van der Waals surface area contributed by atoms with Crippen LogP contribution in [0.15, 0.2) is 42.5 Å². The maximum atomic E-state index is 12.9. The van der Waals surface area contributed by atoms with Crippen LogP contribution in [0.2, 0.25) is 0 Å². The maximum absolute atomic E-state index is 12.9. The number of carbonyl (C=O) groups is 2. The summed E-state index contributed by atoms with van der Waals surface area (Å²) in [5.74, 6) is 0.396. The van der Waals surface area contributed by atoms with Crippen molar-refractivity contribution in [1.82, 2.24) is 10.6 Å². The summed E-state index contributed by atoms with van der Waals surface area (Å²) in [6.45, 7) is 3.56. The third-order valence-corrected chi connectivity index (χ3v) is 3.27. The van der Waals surface area contributed by atoms with Gasteiger partial charge in [0, 0.05) is 13.5 Å². The molecule has 2 amide bonds. The average Bonchev–Trinajstić information content (AvgIpc) is 2.55. The van der Waals surface area contributed by atoms with E-state index >= 15 is 0 Å². The molecule has 0 aliphatic rings. The summed E-state index contributed by atoms with van der Waals surface area (Å²) in [6.07, 6.45) is 0. The first-order valence-corrected chi connectivity index (χ1v) is 7.48. The lowest BCUT2D eigenvalue weighted by Crippen LogP contribution is -2.35. The molecule has 2 aromatic carbocycles. The standard InChI is InChI=1S/C18H19FN2O3/c1-12-9-14(10-21-18(23)11-20-13(2)22)3-8-17(12)24-16-6-4-15(19)5-7-16/h3-9H,10-11H2,1-2H3,(H,20,22)(H,21,23). The van der Waals surface area contributed by atoms with Crippen molar-refractivity contribution in [2.24, 2.45) is 0 Å². The minimum Gasteiger partial charge on any atom is -0.457 e. The van der Waals surface area contributed by atoms with Crippen molar-refractivity contribution >= 4 is 11.8 Å². The van der Waals surface area contributed by atoms with Gasteiger partial charge in [-0.15, -0.1) is 0 Å². The molecule has 0 aliphatic heterocycles. The third-order valence-electron chi connectivity index (χ3n) is 3.27. The minimum absolute atomic E-state index is 0.0416. The number of aryl methyl sites for hydroxylation is 1. The van der Waals surface area contributed by atoms with Gasteiger partial charge in [-0.3, -0.25) is 9.59 Å². The van der Waals surface area contributed by atoms with Gasteiger partial charge in [-0.1, -0.05) is 12.1 Å². The Morgan fingerprint density at radius 3 is 2.42 bits per heavy atom. The topological polar surface area (TPSA) is 67.4 Å². The van der Waals surface area contributed by atoms with Gasteiger partial charge >= 0.3 is 0 Å². The maximum Gasteiger partial charge on any atom is 0.239 e. The first-order valence-electron chi connectivity index (χ1n) is 7.48. The second kappa shape index (κ2) is 8.10. The summed E-state index contributed by atoms with van der Waals surface area (Å²) >= 11 is 0. The number of hydrogen-bond acceptors (Lipinski definition) is 3. The fraction of sp³-hybridized carbons (Fsp3) is 0.222. The highest BCUT2D eigenvalue weighted by Crippen LogP contribution is 2.25. The third kappa shape index (κ3) is 5.39. The molecule has 0 aromatic heterocycles. The quantitative estimate of drug-likeness (QED) is 0.856. The molecular formula is C18H19FN2O3. The molecule has 0 bridgehead atoms. The van der Waals surface area contributed by atoms with E-state index < -0.39 is 0 Å². The fourth-order valence-corrected chi connectivity index (χ4v) is 2.03. The van der Waals surface area contributed by atoms with Crippen LogP contribution in [0.4, 0.5) is 4.39 Å². The van der Waals surface area contributed by atoms with Gasteiger partial charge in [0.25, 0.3) is 0 Å². The molecule has 0 saturated carbocycles. The molecule has 2 N–H and O–H groups in total. The van der Waals surface area contributed by atoms with Crippen LogP contribution in [0.25, 0.3) is 0 Å². The zero-order valence-electron chi connectivity index (χ0n) is 13.6. The number of nitrogens with one attached hydrogen (secondary N) is 2. The lowest BCUT2D eigenvalue weighted by atomic mass is 10.1. The summed E-state index contributed by atoms with van der Waals surface area (Å²) in [5.41, 5.74) is 1.81. The lowest BCUT2D eigenvalue weighted by molar-refractivity contribution is -0.125. The van der Waals surface area contributed by atoms with Crippen molar-refractivity contribution in [2.45, 2.75) is 20.4 Å². The number of halogens is 1. The normalized spacial score (nSPS) is 10.1. The van der Waals surface area contributed by atoms with E-state index in [1.165, 1.54) is 19.1 Å². The van der Waals surface area contributed by atoms with E-state index in [0.29, 0.717) is 18.0 Å². The summed E-state index contributed by atoms with van der Waals surface area (Å²) in [7, 11) is 0. The van der Waals surface area contributed by atoms with Gasteiger partial charge in [0.05, 0.1) is 6.54 Å². The average molecular weight is 330 g/mol. The van der Waals surface area contributed by atoms with Gasteiger partial charge in [0.2, 0.25) is 11.8 Å². The second-order valence-electron chi connectivity index (χ2n) is 5.34. The van der Waals surface area contributed by atoms with Crippen LogP contribution >= 0.6 is 0 Å². The van der Waals surface area contributed by atoms with Crippen LogP contribution in [0.3, 0.4) is 0 Å². The van der Waals surface area contributed by atoms with E-state index in [2.05, 4.69) is 10.6 Å². The molecule has 0 atom stereocenters. The molecule has 2 rings (SSSR count). The molecule has 2 aromatic rings. The Kier molecular flexibility index (Phi) is 5.89. The Morgan fingerprint density at radius 1 is 1.08 bits per heavy atom. The molecule has 0 fully saturated rings. The highest BCUT2D eigenvalue weighted by Gasteiger charge is 2.06. The van der Waals surface area contributed by atoms with E-state index in [4.69, 9.17) is 4.74 Å². The van der Waals surface area contributed by atoms with Gasteiger partial charge in [0.1, 0.15) is 17.3 Å². The molecule has 0 heterocycles. The van der Waals surface area contributed by atoms with E-state index in [1.54, 1.807) is 18.2 Å². The van der Waals surface area contributed by atoms with Crippen LogP contribution in [0, 0.1) is 12.7 Å². The van der Waals surface area contributed by atoms with Crippen molar-refractivity contribution < 1.29 is 18.7 Å². The fourth-order valence-electron chi connectivity index (χ4n) is 2.03. The van der Waals surface area contributed by atoms with E-state index in [-0.39, 0.29) is 24.2 Å². The van der Waals surface area contributed by atoms with Crippen LogP contribution in [-0.4, -0.2) is 18.4 Å². The first-order chi connectivity index (χ1) is 11.4. The Bertz CT molecular complexity index is 730. The Hall–Kier alpha value is -2.89. The molecule has 0 radical (unpaired) electrons. The minimum atomic E-state index is -0.315. The summed E-state index contributed by atoms with van der Waals surface area (Å²) in [5, 5.41) is 5.16.